The molecule has 0 N–H and O–H groups in total. The quantitative estimate of drug-likeness (QED) is 0.711. The molecule has 0 saturated carbocycles. The first kappa shape index (κ1) is 10.8. The molecule has 78 valence electrons. The molecule has 0 aliphatic rings. The van der Waals surface area contributed by atoms with Gasteiger partial charge in [-0.15, -0.1) is 0 Å². The summed E-state index contributed by atoms with van der Waals surface area (Å²) >= 11 is 9.10. The number of fused-ring (bicyclic) bond motifs is 1. The molecule has 0 atom stereocenters. The molecule has 0 saturated heterocycles. The van der Waals surface area contributed by atoms with E-state index in [9.17, 15) is 4.39 Å². The third-order valence-electron chi connectivity index (χ3n) is 2.26. The van der Waals surface area contributed by atoms with Gasteiger partial charge in [0.15, 0.2) is 0 Å². The fourth-order valence-electron chi connectivity index (χ4n) is 1.44. The van der Waals surface area contributed by atoms with Crippen molar-refractivity contribution in [3.05, 3.63) is 39.2 Å². The van der Waals surface area contributed by atoms with Crippen molar-refractivity contribution in [3.63, 3.8) is 0 Å². The maximum atomic E-state index is 13.2. The van der Waals surface area contributed by atoms with Gasteiger partial charge in [-0.2, -0.15) is 0 Å². The van der Waals surface area contributed by atoms with Crippen LogP contribution in [0.2, 0.25) is 5.15 Å². The lowest BCUT2D eigenvalue weighted by Crippen LogP contribution is -1.89. The van der Waals surface area contributed by atoms with E-state index in [-0.39, 0.29) is 5.82 Å². The van der Waals surface area contributed by atoms with Gasteiger partial charge in [0.05, 0.1) is 9.99 Å². The largest absolute Gasteiger partial charge is 0.236 e. The van der Waals surface area contributed by atoms with E-state index in [0.29, 0.717) is 15.1 Å². The summed E-state index contributed by atoms with van der Waals surface area (Å²) in [5.74, 6) is -0.324. The van der Waals surface area contributed by atoms with E-state index in [1.807, 2.05) is 13.0 Å². The van der Waals surface area contributed by atoms with Crippen LogP contribution in [0.3, 0.4) is 0 Å². The van der Waals surface area contributed by atoms with Crippen molar-refractivity contribution in [2.24, 2.45) is 0 Å². The maximum Gasteiger partial charge on any atom is 0.139 e. The molecule has 0 spiro atoms. The minimum Gasteiger partial charge on any atom is -0.236 e. The number of hydrogen-bond acceptors (Lipinski definition) is 1. The van der Waals surface area contributed by atoms with Crippen LogP contribution < -0.4 is 0 Å². The lowest BCUT2D eigenvalue weighted by Gasteiger charge is -2.04. The number of hydrogen-bond donors (Lipinski definition) is 0. The lowest BCUT2D eigenvalue weighted by molar-refractivity contribution is 0.623. The third-order valence-corrected chi connectivity index (χ3v) is 3.20. The Morgan fingerprint density at radius 3 is 2.80 bits per heavy atom. The Balaban J connectivity index is 2.76. The Hall–Kier alpha value is -0.670. The first-order valence-electron chi connectivity index (χ1n) is 4.56. The fourth-order valence-corrected chi connectivity index (χ4v) is 2.08. The zero-order valence-corrected chi connectivity index (χ0v) is 10.4. The molecule has 1 aromatic heterocycles. The molecule has 1 aromatic carbocycles. The molecular formula is C11H8BrClFN. The van der Waals surface area contributed by atoms with Gasteiger partial charge in [0.1, 0.15) is 11.0 Å². The minimum atomic E-state index is -0.324. The van der Waals surface area contributed by atoms with Crippen LogP contribution in [0, 0.1) is 5.82 Å². The van der Waals surface area contributed by atoms with Gasteiger partial charge in [0, 0.05) is 11.5 Å². The molecule has 0 radical (unpaired) electrons. The van der Waals surface area contributed by atoms with Crippen molar-refractivity contribution in [1.29, 1.82) is 0 Å². The van der Waals surface area contributed by atoms with Gasteiger partial charge in [0.25, 0.3) is 0 Å². The summed E-state index contributed by atoms with van der Waals surface area (Å²) < 4.78 is 13.7. The number of rotatable bonds is 1. The molecule has 0 unspecified atom stereocenters. The zero-order chi connectivity index (χ0) is 11.0. The summed E-state index contributed by atoms with van der Waals surface area (Å²) in [7, 11) is 0. The van der Waals surface area contributed by atoms with Crippen molar-refractivity contribution >= 4 is 38.4 Å². The maximum absolute atomic E-state index is 13.2. The van der Waals surface area contributed by atoms with Gasteiger partial charge in [-0.25, -0.2) is 9.37 Å². The molecule has 15 heavy (non-hydrogen) atoms. The number of halogens is 3. The average Bonchev–Trinajstić information content (AvgIpc) is 2.20. The number of benzene rings is 1. The molecule has 2 aromatic rings. The number of aryl methyl sites for hydroxylation is 1. The number of pyridine rings is 1. The second-order valence-electron chi connectivity index (χ2n) is 3.25. The van der Waals surface area contributed by atoms with E-state index in [1.165, 1.54) is 6.07 Å². The van der Waals surface area contributed by atoms with Gasteiger partial charge >= 0.3 is 0 Å². The van der Waals surface area contributed by atoms with E-state index in [2.05, 4.69) is 20.9 Å². The fraction of sp³-hybridized carbons (Fsp3) is 0.182. The second-order valence-corrected chi connectivity index (χ2v) is 4.46. The van der Waals surface area contributed by atoms with Crippen LogP contribution in [0.1, 0.15) is 12.5 Å². The van der Waals surface area contributed by atoms with Crippen molar-refractivity contribution in [3.8, 4) is 0 Å². The molecule has 1 heterocycles. The first-order chi connectivity index (χ1) is 7.11. The van der Waals surface area contributed by atoms with Crippen LogP contribution in [-0.4, -0.2) is 4.98 Å². The molecule has 0 amide bonds. The summed E-state index contributed by atoms with van der Waals surface area (Å²) in [5.41, 5.74) is 1.56. The van der Waals surface area contributed by atoms with Gasteiger partial charge in [-0.05, 0) is 40.0 Å². The Kier molecular flexibility index (Phi) is 2.94. The van der Waals surface area contributed by atoms with Crippen LogP contribution in [-0.2, 0) is 6.42 Å². The second kappa shape index (κ2) is 4.06. The standard InChI is InChI=1S/C11H8BrClFN/c1-2-6-3-7-4-8(12)9(14)5-10(7)15-11(6)13/h3-5H,2H2,1H3. The van der Waals surface area contributed by atoms with Crippen LogP contribution in [0.15, 0.2) is 22.7 Å². The summed E-state index contributed by atoms with van der Waals surface area (Å²) in [5, 5.41) is 1.34. The molecule has 4 heteroatoms. The van der Waals surface area contributed by atoms with Crippen molar-refractivity contribution in [2.75, 3.05) is 0 Å². The monoisotopic (exact) mass is 287 g/mol. The highest BCUT2D eigenvalue weighted by atomic mass is 79.9. The molecule has 0 bridgehead atoms. The summed E-state index contributed by atoms with van der Waals surface area (Å²) in [4.78, 5) is 4.15. The van der Waals surface area contributed by atoms with Gasteiger partial charge < -0.3 is 0 Å². The highest BCUT2D eigenvalue weighted by Gasteiger charge is 2.06. The summed E-state index contributed by atoms with van der Waals surface area (Å²) in [6.07, 6.45) is 0.816. The van der Waals surface area contributed by atoms with Crippen LogP contribution >= 0.6 is 27.5 Å². The van der Waals surface area contributed by atoms with Crippen molar-refractivity contribution < 1.29 is 4.39 Å². The van der Waals surface area contributed by atoms with E-state index in [1.54, 1.807) is 6.07 Å². The Morgan fingerprint density at radius 1 is 1.40 bits per heavy atom. The summed E-state index contributed by atoms with van der Waals surface area (Å²) in [6, 6.07) is 5.03. The zero-order valence-electron chi connectivity index (χ0n) is 8.02. The lowest BCUT2D eigenvalue weighted by atomic mass is 10.1. The van der Waals surface area contributed by atoms with E-state index < -0.39 is 0 Å². The molecule has 0 aliphatic heterocycles. The molecule has 0 fully saturated rings. The Morgan fingerprint density at radius 2 is 2.13 bits per heavy atom. The summed E-state index contributed by atoms with van der Waals surface area (Å²) in [6.45, 7) is 2.01. The van der Waals surface area contributed by atoms with E-state index >= 15 is 0 Å². The van der Waals surface area contributed by atoms with Crippen LogP contribution in [0.5, 0.6) is 0 Å². The van der Waals surface area contributed by atoms with Crippen molar-refractivity contribution in [1.82, 2.24) is 4.98 Å². The van der Waals surface area contributed by atoms with Crippen LogP contribution in [0.25, 0.3) is 10.9 Å². The molecule has 2 rings (SSSR count). The average molecular weight is 289 g/mol. The topological polar surface area (TPSA) is 12.9 Å². The predicted molar refractivity (Wildman–Crippen MR) is 63.8 cm³/mol. The Labute approximate surface area is 100 Å². The first-order valence-corrected chi connectivity index (χ1v) is 5.73. The number of nitrogens with zero attached hydrogens (tertiary/aromatic N) is 1. The smallest absolute Gasteiger partial charge is 0.139 e. The highest BCUT2D eigenvalue weighted by molar-refractivity contribution is 9.10. The SMILES string of the molecule is CCc1cc2cc(Br)c(F)cc2nc1Cl. The third kappa shape index (κ3) is 1.99. The normalized spacial score (nSPS) is 10.9. The highest BCUT2D eigenvalue weighted by Crippen LogP contribution is 2.25. The number of aromatic nitrogens is 1. The van der Waals surface area contributed by atoms with Crippen LogP contribution in [0.4, 0.5) is 4.39 Å². The van der Waals surface area contributed by atoms with Gasteiger partial charge in [-0.3, -0.25) is 0 Å². The Bertz CT molecular complexity index is 527. The molecule has 0 aliphatic carbocycles. The van der Waals surface area contributed by atoms with E-state index in [0.717, 1.165) is 17.4 Å². The van der Waals surface area contributed by atoms with Gasteiger partial charge in [0.2, 0.25) is 0 Å². The molecular weight excluding hydrogens is 280 g/mol. The van der Waals surface area contributed by atoms with E-state index in [4.69, 9.17) is 11.6 Å². The predicted octanol–water partition coefficient (Wildman–Crippen LogP) is 4.35. The minimum absolute atomic E-state index is 0.324. The van der Waals surface area contributed by atoms with Gasteiger partial charge in [-0.1, -0.05) is 18.5 Å². The van der Waals surface area contributed by atoms with Crippen molar-refractivity contribution in [2.45, 2.75) is 13.3 Å². The molecule has 1 nitrogen and oxygen atoms in total.